The second kappa shape index (κ2) is 14.7. The summed E-state index contributed by atoms with van der Waals surface area (Å²) in [6.07, 6.45) is -0.138. The van der Waals surface area contributed by atoms with E-state index in [9.17, 15) is 34.2 Å². The summed E-state index contributed by atoms with van der Waals surface area (Å²) >= 11 is 0. The number of nitrogens with one attached hydrogen (secondary N) is 3. The van der Waals surface area contributed by atoms with Crippen molar-refractivity contribution in [3.05, 3.63) is 35.9 Å². The van der Waals surface area contributed by atoms with Crippen LogP contribution in [-0.2, 0) is 30.4 Å². The van der Waals surface area contributed by atoms with E-state index in [4.69, 9.17) is 10.8 Å². The summed E-state index contributed by atoms with van der Waals surface area (Å²) < 4.78 is 0. The van der Waals surface area contributed by atoms with Crippen molar-refractivity contribution in [2.24, 2.45) is 11.7 Å². The van der Waals surface area contributed by atoms with Gasteiger partial charge in [-0.15, -0.1) is 0 Å². The Bertz CT molecular complexity index is 880. The highest BCUT2D eigenvalue weighted by Gasteiger charge is 2.32. The van der Waals surface area contributed by atoms with Gasteiger partial charge >= 0.3 is 11.9 Å². The van der Waals surface area contributed by atoms with Crippen molar-refractivity contribution in [2.75, 3.05) is 6.61 Å². The van der Waals surface area contributed by atoms with Crippen LogP contribution in [0.5, 0.6) is 0 Å². The predicted octanol–water partition coefficient (Wildman–Crippen LogP) is -1.00. The minimum atomic E-state index is -1.52. The number of nitrogens with two attached hydrogens (primary N) is 1. The smallest absolute Gasteiger partial charge is 0.326 e. The Kier molecular flexibility index (Phi) is 12.4. The predicted molar refractivity (Wildman–Crippen MR) is 125 cm³/mol. The van der Waals surface area contributed by atoms with Crippen LogP contribution in [0.2, 0.25) is 0 Å². The van der Waals surface area contributed by atoms with Crippen molar-refractivity contribution in [3.8, 4) is 0 Å². The molecule has 5 unspecified atom stereocenters. The first-order chi connectivity index (χ1) is 16.5. The van der Waals surface area contributed by atoms with Gasteiger partial charge in [-0.2, -0.15) is 0 Å². The van der Waals surface area contributed by atoms with Gasteiger partial charge in [0.1, 0.15) is 18.1 Å². The summed E-state index contributed by atoms with van der Waals surface area (Å²) in [5, 5.41) is 34.6. The van der Waals surface area contributed by atoms with Gasteiger partial charge < -0.3 is 37.0 Å². The maximum Gasteiger partial charge on any atom is 0.326 e. The van der Waals surface area contributed by atoms with E-state index in [0.717, 1.165) is 5.56 Å². The lowest BCUT2D eigenvalue weighted by atomic mass is 9.97. The number of rotatable bonds is 15. The van der Waals surface area contributed by atoms with Crippen molar-refractivity contribution < 1.29 is 39.3 Å². The van der Waals surface area contributed by atoms with Gasteiger partial charge in [0.15, 0.2) is 0 Å². The third-order valence-electron chi connectivity index (χ3n) is 5.51. The molecule has 1 aromatic rings. The molecule has 0 aliphatic carbocycles. The summed E-state index contributed by atoms with van der Waals surface area (Å²) in [5.41, 5.74) is 6.84. The SMILES string of the molecule is CCC(C)C(NC(=O)C(N)Cc1ccccc1)C(=O)NC(CO)C(=O)NC(CCC(=O)O)C(=O)O. The highest BCUT2D eigenvalue weighted by Crippen LogP contribution is 2.10. The zero-order valence-corrected chi connectivity index (χ0v) is 19.8. The van der Waals surface area contributed by atoms with Crippen LogP contribution in [0.15, 0.2) is 30.3 Å². The summed E-state index contributed by atoms with van der Waals surface area (Å²) in [6.45, 7) is 2.67. The number of carboxylic acid groups (broad SMARTS) is 2. The summed E-state index contributed by atoms with van der Waals surface area (Å²) in [5.74, 6) is -5.39. The fraction of sp³-hybridized carbons (Fsp3) is 0.522. The van der Waals surface area contributed by atoms with Crippen LogP contribution < -0.4 is 21.7 Å². The molecule has 5 atom stereocenters. The minimum absolute atomic E-state index is 0.246. The third-order valence-corrected chi connectivity index (χ3v) is 5.51. The molecule has 35 heavy (non-hydrogen) atoms. The normalized spacial score (nSPS) is 15.1. The van der Waals surface area contributed by atoms with E-state index in [1.165, 1.54) is 0 Å². The van der Waals surface area contributed by atoms with Gasteiger partial charge in [0.2, 0.25) is 17.7 Å². The van der Waals surface area contributed by atoms with E-state index < -0.39 is 66.9 Å². The zero-order valence-electron chi connectivity index (χ0n) is 19.8. The number of carbonyl (C=O) groups excluding carboxylic acids is 3. The van der Waals surface area contributed by atoms with Gasteiger partial charge in [0.25, 0.3) is 0 Å². The van der Waals surface area contributed by atoms with E-state index in [2.05, 4.69) is 16.0 Å². The number of benzene rings is 1. The van der Waals surface area contributed by atoms with Crippen molar-refractivity contribution in [1.82, 2.24) is 16.0 Å². The number of hydrogen-bond acceptors (Lipinski definition) is 7. The van der Waals surface area contributed by atoms with Crippen LogP contribution in [0.3, 0.4) is 0 Å². The zero-order chi connectivity index (χ0) is 26.5. The molecule has 0 spiro atoms. The standard InChI is InChI=1S/C23H34N4O8/c1-3-13(2)19(27-20(31)15(24)11-14-7-5-4-6-8-14)22(33)26-17(12-28)21(32)25-16(23(34)35)9-10-18(29)30/h4-8,13,15-17,19,28H,3,9-12,24H2,1-2H3,(H,25,32)(H,26,33)(H,27,31)(H,29,30)(H,34,35). The Labute approximate surface area is 203 Å². The number of aliphatic hydroxyl groups excluding tert-OH is 1. The van der Waals surface area contributed by atoms with Crippen molar-refractivity contribution in [3.63, 3.8) is 0 Å². The number of carbonyl (C=O) groups is 5. The molecule has 0 aliphatic heterocycles. The number of aliphatic carboxylic acids is 2. The van der Waals surface area contributed by atoms with Crippen LogP contribution >= 0.6 is 0 Å². The molecule has 12 nitrogen and oxygen atoms in total. The largest absolute Gasteiger partial charge is 0.481 e. The molecule has 1 aromatic carbocycles. The van der Waals surface area contributed by atoms with Crippen LogP contribution in [0.4, 0.5) is 0 Å². The molecule has 0 fully saturated rings. The Morgan fingerprint density at radius 3 is 2.03 bits per heavy atom. The first-order valence-corrected chi connectivity index (χ1v) is 11.3. The van der Waals surface area contributed by atoms with E-state index >= 15 is 0 Å². The van der Waals surface area contributed by atoms with Crippen LogP contribution in [-0.4, -0.2) is 75.8 Å². The molecule has 8 N–H and O–H groups in total. The molecule has 3 amide bonds. The molecule has 194 valence electrons. The fourth-order valence-electron chi connectivity index (χ4n) is 3.18. The summed E-state index contributed by atoms with van der Waals surface area (Å²) in [6, 6.07) is 4.04. The first-order valence-electron chi connectivity index (χ1n) is 11.3. The topological polar surface area (TPSA) is 208 Å². The first kappa shape index (κ1) is 29.5. The summed E-state index contributed by atoms with van der Waals surface area (Å²) in [7, 11) is 0. The van der Waals surface area contributed by atoms with E-state index in [1.54, 1.807) is 13.8 Å². The maximum atomic E-state index is 12.9. The minimum Gasteiger partial charge on any atom is -0.481 e. The molecule has 12 heteroatoms. The lowest BCUT2D eigenvalue weighted by Crippen LogP contribution is -2.59. The van der Waals surface area contributed by atoms with Crippen LogP contribution in [0.25, 0.3) is 0 Å². The quantitative estimate of drug-likeness (QED) is 0.159. The lowest BCUT2D eigenvalue weighted by molar-refractivity contribution is -0.143. The van der Waals surface area contributed by atoms with E-state index in [0.29, 0.717) is 6.42 Å². The average Bonchev–Trinajstić information content (AvgIpc) is 2.82. The average molecular weight is 495 g/mol. The Hall–Kier alpha value is -3.51. The molecule has 1 rings (SSSR count). The van der Waals surface area contributed by atoms with Crippen LogP contribution in [0, 0.1) is 5.92 Å². The van der Waals surface area contributed by atoms with Gasteiger partial charge in [-0.3, -0.25) is 19.2 Å². The monoisotopic (exact) mass is 494 g/mol. The number of aliphatic hydroxyl groups is 1. The van der Waals surface area contributed by atoms with Gasteiger partial charge in [-0.25, -0.2) is 4.79 Å². The molecule has 0 bridgehead atoms. The van der Waals surface area contributed by atoms with Crippen molar-refractivity contribution in [2.45, 2.75) is 63.7 Å². The van der Waals surface area contributed by atoms with E-state index in [1.807, 2.05) is 30.3 Å². The van der Waals surface area contributed by atoms with Gasteiger partial charge in [-0.1, -0.05) is 50.6 Å². The van der Waals surface area contributed by atoms with Crippen molar-refractivity contribution in [1.29, 1.82) is 0 Å². The molecule has 0 radical (unpaired) electrons. The molecular formula is C23H34N4O8. The second-order valence-corrected chi connectivity index (χ2v) is 8.24. The van der Waals surface area contributed by atoms with Gasteiger partial charge in [0.05, 0.1) is 12.6 Å². The summed E-state index contributed by atoms with van der Waals surface area (Å²) in [4.78, 5) is 60.1. The third kappa shape index (κ3) is 10.1. The molecule has 0 saturated carbocycles. The van der Waals surface area contributed by atoms with Crippen LogP contribution in [0.1, 0.15) is 38.7 Å². The number of hydrogen-bond donors (Lipinski definition) is 7. The molecule has 0 saturated heterocycles. The second-order valence-electron chi connectivity index (χ2n) is 8.24. The molecule has 0 aromatic heterocycles. The molecule has 0 heterocycles. The van der Waals surface area contributed by atoms with Crippen molar-refractivity contribution >= 4 is 29.7 Å². The van der Waals surface area contributed by atoms with E-state index in [-0.39, 0.29) is 18.8 Å². The Morgan fingerprint density at radius 1 is 0.914 bits per heavy atom. The Morgan fingerprint density at radius 2 is 1.51 bits per heavy atom. The Balaban J connectivity index is 2.85. The fourth-order valence-corrected chi connectivity index (χ4v) is 3.18. The number of amides is 3. The number of carboxylic acids is 2. The highest BCUT2D eigenvalue weighted by atomic mass is 16.4. The highest BCUT2D eigenvalue weighted by molar-refractivity contribution is 5.94. The van der Waals surface area contributed by atoms with Gasteiger partial charge in [-0.05, 0) is 24.3 Å². The lowest BCUT2D eigenvalue weighted by Gasteiger charge is -2.27. The molecular weight excluding hydrogens is 460 g/mol. The maximum absolute atomic E-state index is 12.9. The molecule has 0 aliphatic rings. The van der Waals surface area contributed by atoms with Gasteiger partial charge in [0, 0.05) is 6.42 Å².